The van der Waals surface area contributed by atoms with Crippen molar-refractivity contribution >= 4 is 39.6 Å². The lowest BCUT2D eigenvalue weighted by molar-refractivity contribution is -0.131. The normalized spacial score (nSPS) is 10.9. The molecule has 0 saturated carbocycles. The average Bonchev–Trinajstić information content (AvgIpc) is 2.26. The molecule has 1 N–H and O–H groups in total. The lowest BCUT2D eigenvalue weighted by atomic mass is 10.1. The number of benzene rings is 1. The summed E-state index contributed by atoms with van der Waals surface area (Å²) in [5.74, 6) is -0.313. The molecule has 0 amide bonds. The largest absolute Gasteiger partial charge is 0.478 e. The third-order valence-corrected chi connectivity index (χ3v) is 3.11. The Kier molecular flexibility index (Phi) is 5.56. The number of aliphatic carboxylic acids is 1. The van der Waals surface area contributed by atoms with E-state index in [9.17, 15) is 4.79 Å². The highest BCUT2D eigenvalue weighted by Gasteiger charge is 2.00. The van der Waals surface area contributed by atoms with Gasteiger partial charge >= 0.3 is 5.97 Å². The Morgan fingerprint density at radius 1 is 1.50 bits per heavy atom. The Labute approximate surface area is 108 Å². The number of carboxylic acid groups (broad SMARTS) is 1. The quantitative estimate of drug-likeness (QED) is 0.665. The summed E-state index contributed by atoms with van der Waals surface area (Å²) in [6, 6.07) is 5.76. The minimum absolute atomic E-state index is 0.627. The zero-order chi connectivity index (χ0) is 12.0. The second-order valence-corrected chi connectivity index (χ2v) is 4.55. The molecule has 0 aromatic heterocycles. The van der Waals surface area contributed by atoms with Gasteiger partial charge in [0.15, 0.2) is 0 Å². The molecule has 86 valence electrons. The van der Waals surface area contributed by atoms with Gasteiger partial charge in [-0.3, -0.25) is 0 Å². The van der Waals surface area contributed by atoms with E-state index in [-0.39, 0.29) is 0 Å². The van der Waals surface area contributed by atoms with E-state index in [4.69, 9.17) is 16.7 Å². The van der Waals surface area contributed by atoms with Gasteiger partial charge in [0.05, 0.1) is 0 Å². The Morgan fingerprint density at radius 3 is 2.88 bits per heavy atom. The van der Waals surface area contributed by atoms with E-state index < -0.39 is 5.97 Å². The van der Waals surface area contributed by atoms with Crippen LogP contribution in [-0.2, 0) is 11.2 Å². The predicted octanol–water partition coefficient (Wildman–Crippen LogP) is 3.72. The monoisotopic (exact) mass is 302 g/mol. The third kappa shape index (κ3) is 4.37. The highest BCUT2D eigenvalue weighted by Crippen LogP contribution is 2.20. The van der Waals surface area contributed by atoms with E-state index in [1.807, 2.05) is 18.2 Å². The van der Waals surface area contributed by atoms with Crippen LogP contribution in [0.1, 0.15) is 17.5 Å². The van der Waals surface area contributed by atoms with Gasteiger partial charge in [0, 0.05) is 16.4 Å². The molecule has 1 aromatic rings. The number of halogens is 2. The molecule has 0 atom stereocenters. The van der Waals surface area contributed by atoms with Crippen molar-refractivity contribution in [2.24, 2.45) is 0 Å². The standard InChI is InChI=1S/C12H12BrClO2/c13-11-5-3-9(4-6-12(15)16)8-10(11)2-1-7-14/h3-6,8H,1-2,7H2,(H,15,16)/b6-4+. The van der Waals surface area contributed by atoms with Crippen molar-refractivity contribution in [3.05, 3.63) is 39.9 Å². The predicted molar refractivity (Wildman–Crippen MR) is 69.9 cm³/mol. The number of hydrogen-bond acceptors (Lipinski definition) is 1. The van der Waals surface area contributed by atoms with Crippen LogP contribution in [0.3, 0.4) is 0 Å². The van der Waals surface area contributed by atoms with Crippen molar-refractivity contribution in [1.29, 1.82) is 0 Å². The molecule has 0 heterocycles. The first kappa shape index (κ1) is 13.3. The molecule has 0 spiro atoms. The Hall–Kier alpha value is -0.800. The molecule has 0 aliphatic heterocycles. The van der Waals surface area contributed by atoms with Crippen molar-refractivity contribution in [3.8, 4) is 0 Å². The fourth-order valence-electron chi connectivity index (χ4n) is 1.31. The minimum atomic E-state index is -0.940. The summed E-state index contributed by atoms with van der Waals surface area (Å²) in [6.07, 6.45) is 4.51. The summed E-state index contributed by atoms with van der Waals surface area (Å²) in [7, 11) is 0. The summed E-state index contributed by atoms with van der Waals surface area (Å²) in [4.78, 5) is 10.4. The molecule has 0 bridgehead atoms. The van der Waals surface area contributed by atoms with Crippen LogP contribution in [-0.4, -0.2) is 17.0 Å². The maximum absolute atomic E-state index is 10.4. The first-order chi connectivity index (χ1) is 7.63. The Morgan fingerprint density at radius 2 is 2.25 bits per heavy atom. The van der Waals surface area contributed by atoms with Crippen LogP contribution in [0.2, 0.25) is 0 Å². The number of alkyl halides is 1. The molecule has 0 aliphatic rings. The summed E-state index contributed by atoms with van der Waals surface area (Å²) in [5, 5.41) is 8.53. The van der Waals surface area contributed by atoms with Crippen LogP contribution in [0.4, 0.5) is 0 Å². The number of hydrogen-bond donors (Lipinski definition) is 1. The van der Waals surface area contributed by atoms with Gasteiger partial charge in [0.1, 0.15) is 0 Å². The van der Waals surface area contributed by atoms with Gasteiger partial charge in [0.25, 0.3) is 0 Å². The second kappa shape index (κ2) is 6.71. The topological polar surface area (TPSA) is 37.3 Å². The van der Waals surface area contributed by atoms with Gasteiger partial charge in [-0.15, -0.1) is 11.6 Å². The lowest BCUT2D eigenvalue weighted by Gasteiger charge is -2.04. The molecule has 16 heavy (non-hydrogen) atoms. The number of rotatable bonds is 5. The number of carbonyl (C=O) groups is 1. The third-order valence-electron chi connectivity index (χ3n) is 2.07. The van der Waals surface area contributed by atoms with E-state index in [1.165, 1.54) is 0 Å². The van der Waals surface area contributed by atoms with Gasteiger partial charge < -0.3 is 5.11 Å². The van der Waals surface area contributed by atoms with Crippen molar-refractivity contribution < 1.29 is 9.90 Å². The van der Waals surface area contributed by atoms with Gasteiger partial charge in [0.2, 0.25) is 0 Å². The second-order valence-electron chi connectivity index (χ2n) is 3.31. The summed E-state index contributed by atoms with van der Waals surface area (Å²) < 4.78 is 1.03. The molecule has 1 aromatic carbocycles. The van der Waals surface area contributed by atoms with Crippen molar-refractivity contribution in [2.45, 2.75) is 12.8 Å². The van der Waals surface area contributed by atoms with Crippen LogP contribution < -0.4 is 0 Å². The fraction of sp³-hybridized carbons (Fsp3) is 0.250. The van der Waals surface area contributed by atoms with Crippen LogP contribution in [0.25, 0.3) is 6.08 Å². The van der Waals surface area contributed by atoms with Gasteiger partial charge in [-0.05, 0) is 36.1 Å². The highest BCUT2D eigenvalue weighted by atomic mass is 79.9. The fourth-order valence-corrected chi connectivity index (χ4v) is 1.89. The van der Waals surface area contributed by atoms with Crippen LogP contribution in [0.5, 0.6) is 0 Å². The maximum Gasteiger partial charge on any atom is 0.328 e. The van der Waals surface area contributed by atoms with Crippen LogP contribution >= 0.6 is 27.5 Å². The average molecular weight is 304 g/mol. The molecule has 0 aliphatic carbocycles. The van der Waals surface area contributed by atoms with E-state index in [2.05, 4.69) is 15.9 Å². The summed E-state index contributed by atoms with van der Waals surface area (Å²) in [5.41, 5.74) is 2.03. The van der Waals surface area contributed by atoms with Gasteiger partial charge in [-0.25, -0.2) is 4.79 Å². The zero-order valence-corrected chi connectivity index (χ0v) is 11.0. The van der Waals surface area contributed by atoms with Crippen molar-refractivity contribution in [2.75, 3.05) is 5.88 Å². The summed E-state index contributed by atoms with van der Waals surface area (Å²) >= 11 is 9.10. The SMILES string of the molecule is O=C(O)/C=C/c1ccc(Br)c(CCCCl)c1. The van der Waals surface area contributed by atoms with Crippen molar-refractivity contribution in [3.63, 3.8) is 0 Å². The van der Waals surface area contributed by atoms with E-state index in [0.717, 1.165) is 34.5 Å². The molecule has 0 fully saturated rings. The zero-order valence-electron chi connectivity index (χ0n) is 8.62. The smallest absolute Gasteiger partial charge is 0.328 e. The van der Waals surface area contributed by atoms with Crippen molar-refractivity contribution in [1.82, 2.24) is 0 Å². The molecule has 1 rings (SSSR count). The molecular weight excluding hydrogens is 291 g/mol. The maximum atomic E-state index is 10.4. The highest BCUT2D eigenvalue weighted by molar-refractivity contribution is 9.10. The van der Waals surface area contributed by atoms with Crippen LogP contribution in [0, 0.1) is 0 Å². The molecular formula is C12H12BrClO2. The first-order valence-electron chi connectivity index (χ1n) is 4.89. The summed E-state index contributed by atoms with van der Waals surface area (Å²) in [6.45, 7) is 0. The van der Waals surface area contributed by atoms with Crippen LogP contribution in [0.15, 0.2) is 28.7 Å². The Balaban J connectivity index is 2.84. The number of aryl methyl sites for hydroxylation is 1. The molecule has 0 radical (unpaired) electrons. The molecule has 2 nitrogen and oxygen atoms in total. The van der Waals surface area contributed by atoms with E-state index in [0.29, 0.717) is 5.88 Å². The molecule has 4 heteroatoms. The lowest BCUT2D eigenvalue weighted by Crippen LogP contribution is -1.90. The van der Waals surface area contributed by atoms with Gasteiger partial charge in [-0.2, -0.15) is 0 Å². The minimum Gasteiger partial charge on any atom is -0.478 e. The van der Waals surface area contributed by atoms with E-state index >= 15 is 0 Å². The molecule has 0 saturated heterocycles. The van der Waals surface area contributed by atoms with Gasteiger partial charge in [-0.1, -0.05) is 28.1 Å². The first-order valence-corrected chi connectivity index (χ1v) is 6.21. The molecule has 0 unspecified atom stereocenters. The van der Waals surface area contributed by atoms with E-state index in [1.54, 1.807) is 6.08 Å². The Bertz CT molecular complexity index is 402. The number of carboxylic acids is 1.